The Hall–Kier alpha value is -0.680. The minimum Gasteiger partial charge on any atom is -0.377 e. The van der Waals surface area contributed by atoms with Gasteiger partial charge in [0.05, 0.1) is 18.8 Å². The second-order valence-electron chi connectivity index (χ2n) is 5.70. The zero-order chi connectivity index (χ0) is 12.8. The van der Waals surface area contributed by atoms with Crippen LogP contribution >= 0.6 is 15.9 Å². The van der Waals surface area contributed by atoms with Crippen LogP contribution in [-0.2, 0) is 4.74 Å². The average Bonchev–Trinajstić information content (AvgIpc) is 3.11. The molecule has 0 radical (unpaired) electrons. The van der Waals surface area contributed by atoms with E-state index in [0.717, 1.165) is 36.0 Å². The van der Waals surface area contributed by atoms with Crippen molar-refractivity contribution in [2.75, 3.05) is 24.7 Å². The smallest absolute Gasteiger partial charge is 0.135 e. The van der Waals surface area contributed by atoms with Crippen molar-refractivity contribution in [3.05, 3.63) is 16.5 Å². The van der Waals surface area contributed by atoms with Crippen molar-refractivity contribution in [3.63, 3.8) is 0 Å². The van der Waals surface area contributed by atoms with Gasteiger partial charge in [0, 0.05) is 18.5 Å². The molecule has 0 spiro atoms. The zero-order valence-corrected chi connectivity index (χ0v) is 12.4. The molecule has 0 bridgehead atoms. The fourth-order valence-electron chi connectivity index (χ4n) is 2.37. The molecule has 0 aromatic carbocycles. The number of hydrogen-bond acceptors (Lipinski definition) is 4. The summed E-state index contributed by atoms with van der Waals surface area (Å²) in [5, 5.41) is 0. The molecule has 2 fully saturated rings. The predicted molar refractivity (Wildman–Crippen MR) is 74.0 cm³/mol. The number of nitrogens with zero attached hydrogens (tertiary/aromatic N) is 3. The lowest BCUT2D eigenvalue weighted by molar-refractivity contribution is 0.0638. The molecule has 1 aromatic rings. The molecule has 18 heavy (non-hydrogen) atoms. The topological polar surface area (TPSA) is 38.2 Å². The molecule has 5 heteroatoms. The van der Waals surface area contributed by atoms with Gasteiger partial charge >= 0.3 is 0 Å². The van der Waals surface area contributed by atoms with Gasteiger partial charge in [-0.1, -0.05) is 0 Å². The van der Waals surface area contributed by atoms with Crippen LogP contribution in [0.3, 0.4) is 0 Å². The van der Waals surface area contributed by atoms with Crippen LogP contribution in [0.2, 0.25) is 0 Å². The first kappa shape index (κ1) is 12.4. The molecule has 0 atom stereocenters. The van der Waals surface area contributed by atoms with Gasteiger partial charge in [0.15, 0.2) is 0 Å². The van der Waals surface area contributed by atoms with Crippen molar-refractivity contribution in [3.8, 4) is 0 Å². The van der Waals surface area contributed by atoms with E-state index in [2.05, 4.69) is 39.7 Å². The summed E-state index contributed by atoms with van der Waals surface area (Å²) >= 11 is 3.50. The van der Waals surface area contributed by atoms with E-state index >= 15 is 0 Å². The minimum atomic E-state index is -0.00708. The third kappa shape index (κ3) is 2.38. The van der Waals surface area contributed by atoms with Gasteiger partial charge in [0.25, 0.3) is 0 Å². The van der Waals surface area contributed by atoms with E-state index in [1.165, 1.54) is 12.8 Å². The highest BCUT2D eigenvalue weighted by atomic mass is 79.9. The number of anilines is 1. The first-order chi connectivity index (χ1) is 8.56. The third-order valence-electron chi connectivity index (χ3n) is 3.56. The summed E-state index contributed by atoms with van der Waals surface area (Å²) in [6.07, 6.45) is 2.45. The Kier molecular flexibility index (Phi) is 3.06. The molecular weight excluding hydrogens is 294 g/mol. The molecule has 0 amide bonds. The molecular formula is C13H18BrN3O. The monoisotopic (exact) mass is 311 g/mol. The number of hydrogen-bond donors (Lipinski definition) is 0. The highest BCUT2D eigenvalue weighted by Crippen LogP contribution is 2.39. The molecule has 98 valence electrons. The van der Waals surface area contributed by atoms with Crippen LogP contribution in [0, 0.1) is 0 Å². The first-order valence-electron chi connectivity index (χ1n) is 6.46. The number of ether oxygens (including phenoxy) is 1. The third-order valence-corrected chi connectivity index (χ3v) is 3.97. The van der Waals surface area contributed by atoms with Gasteiger partial charge in [-0.25, -0.2) is 9.97 Å². The fraction of sp³-hybridized carbons (Fsp3) is 0.692. The summed E-state index contributed by atoms with van der Waals surface area (Å²) < 4.78 is 6.45. The molecule has 1 aliphatic carbocycles. The van der Waals surface area contributed by atoms with Crippen LogP contribution in [0.25, 0.3) is 0 Å². The lowest BCUT2D eigenvalue weighted by Crippen LogP contribution is -2.53. The Bertz CT molecular complexity index is 460. The highest BCUT2D eigenvalue weighted by molar-refractivity contribution is 9.10. The molecule has 2 heterocycles. The van der Waals surface area contributed by atoms with Gasteiger partial charge in [-0.2, -0.15) is 0 Å². The lowest BCUT2D eigenvalue weighted by Gasteiger charge is -2.43. The maximum Gasteiger partial charge on any atom is 0.135 e. The summed E-state index contributed by atoms with van der Waals surface area (Å²) in [5.41, 5.74) is -0.00708. The van der Waals surface area contributed by atoms with E-state index in [1.807, 2.05) is 6.07 Å². The summed E-state index contributed by atoms with van der Waals surface area (Å²) in [5.74, 6) is 2.58. The van der Waals surface area contributed by atoms with E-state index in [4.69, 9.17) is 9.72 Å². The van der Waals surface area contributed by atoms with Crippen molar-refractivity contribution in [2.24, 2.45) is 0 Å². The van der Waals surface area contributed by atoms with Gasteiger partial charge < -0.3 is 9.64 Å². The number of aromatic nitrogens is 2. The molecule has 0 unspecified atom stereocenters. The minimum absolute atomic E-state index is 0.00708. The van der Waals surface area contributed by atoms with Crippen molar-refractivity contribution in [1.29, 1.82) is 0 Å². The summed E-state index contributed by atoms with van der Waals surface area (Å²) in [6, 6.07) is 2.01. The largest absolute Gasteiger partial charge is 0.377 e. The van der Waals surface area contributed by atoms with Gasteiger partial charge in [-0.15, -0.1) is 0 Å². The fourth-order valence-corrected chi connectivity index (χ4v) is 2.75. The van der Waals surface area contributed by atoms with Crippen molar-refractivity contribution in [2.45, 2.75) is 38.1 Å². The van der Waals surface area contributed by atoms with Crippen molar-refractivity contribution < 1.29 is 4.74 Å². The van der Waals surface area contributed by atoms with Gasteiger partial charge in [0.1, 0.15) is 16.2 Å². The Balaban J connectivity index is 1.94. The zero-order valence-electron chi connectivity index (χ0n) is 10.8. The maximum atomic E-state index is 5.56. The molecule has 0 N–H and O–H groups in total. The molecule has 2 aliphatic rings. The second kappa shape index (κ2) is 4.46. The van der Waals surface area contributed by atoms with E-state index in [9.17, 15) is 0 Å². The number of rotatable bonds is 2. The van der Waals surface area contributed by atoms with E-state index < -0.39 is 0 Å². The predicted octanol–water partition coefficient (Wildman–Crippen LogP) is 2.73. The van der Waals surface area contributed by atoms with Gasteiger partial charge in [-0.3, -0.25) is 0 Å². The Morgan fingerprint density at radius 3 is 2.83 bits per heavy atom. The number of halogens is 1. The molecule has 1 saturated carbocycles. The quantitative estimate of drug-likeness (QED) is 0.787. The molecule has 1 aromatic heterocycles. The Morgan fingerprint density at radius 2 is 2.17 bits per heavy atom. The highest BCUT2D eigenvalue weighted by Gasteiger charge is 2.33. The Morgan fingerprint density at radius 1 is 1.39 bits per heavy atom. The molecule has 1 saturated heterocycles. The van der Waals surface area contributed by atoms with Crippen LogP contribution in [-0.4, -0.2) is 35.3 Å². The first-order valence-corrected chi connectivity index (χ1v) is 7.25. The van der Waals surface area contributed by atoms with Crippen molar-refractivity contribution in [1.82, 2.24) is 9.97 Å². The SMILES string of the molecule is CC1(C)COCCN1c1cc(Br)nc(C2CC2)n1. The van der Waals surface area contributed by atoms with E-state index in [0.29, 0.717) is 5.92 Å². The summed E-state index contributed by atoms with van der Waals surface area (Å²) in [7, 11) is 0. The van der Waals surface area contributed by atoms with Crippen molar-refractivity contribution >= 4 is 21.7 Å². The van der Waals surface area contributed by atoms with Crippen LogP contribution in [0.4, 0.5) is 5.82 Å². The molecule has 1 aliphatic heterocycles. The normalized spacial score (nSPS) is 23.2. The van der Waals surface area contributed by atoms with Gasteiger partial charge in [-0.05, 0) is 42.6 Å². The van der Waals surface area contributed by atoms with Crippen LogP contribution in [0.1, 0.15) is 38.4 Å². The van der Waals surface area contributed by atoms with Crippen LogP contribution < -0.4 is 4.90 Å². The van der Waals surface area contributed by atoms with E-state index in [1.54, 1.807) is 0 Å². The number of morpholine rings is 1. The lowest BCUT2D eigenvalue weighted by atomic mass is 10.0. The summed E-state index contributed by atoms with van der Waals surface area (Å²) in [4.78, 5) is 11.6. The molecule has 3 rings (SSSR count). The average molecular weight is 312 g/mol. The standard InChI is InChI=1S/C13H18BrN3O/c1-13(2)8-18-6-5-17(13)11-7-10(14)15-12(16-11)9-3-4-9/h7,9H,3-6,8H2,1-2H3. The van der Waals surface area contributed by atoms with Crippen LogP contribution in [0.15, 0.2) is 10.7 Å². The van der Waals surface area contributed by atoms with Crippen LogP contribution in [0.5, 0.6) is 0 Å². The van der Waals surface area contributed by atoms with E-state index in [-0.39, 0.29) is 5.54 Å². The second-order valence-corrected chi connectivity index (χ2v) is 6.51. The Labute approximate surface area is 116 Å². The molecule has 4 nitrogen and oxygen atoms in total. The van der Waals surface area contributed by atoms with Gasteiger partial charge in [0.2, 0.25) is 0 Å². The maximum absolute atomic E-state index is 5.56. The summed E-state index contributed by atoms with van der Waals surface area (Å²) in [6.45, 7) is 6.79.